The maximum Gasteiger partial charge on any atom is 0.227 e. The second-order valence-corrected chi connectivity index (χ2v) is 10.8. The molecule has 3 aromatic carbocycles. The standard InChI is InChI=1S/C30H27ClN4O3S/c1-37-26-16-20(14-15-25(26)38-17-19-8-3-2-4-9-19)28-27-23(12-7-13-24(27)36)32-29-33-30(34-35(28)29)39-18-21-10-5-6-11-22(21)31/h2-6,8-11,14-16,28H,7,12-13,17-18H2,1H3,(H,32,33,34). The zero-order chi connectivity index (χ0) is 26.8. The number of thioether (sulfide) groups is 1. The predicted molar refractivity (Wildman–Crippen MR) is 152 cm³/mol. The lowest BCUT2D eigenvalue weighted by atomic mass is 9.85. The summed E-state index contributed by atoms with van der Waals surface area (Å²) >= 11 is 7.87. The summed E-state index contributed by atoms with van der Waals surface area (Å²) in [5.74, 6) is 2.63. The lowest BCUT2D eigenvalue weighted by molar-refractivity contribution is -0.116. The first-order chi connectivity index (χ1) is 19.1. The number of rotatable bonds is 8. The van der Waals surface area contributed by atoms with E-state index in [1.807, 2.05) is 77.5 Å². The number of benzene rings is 3. The Labute approximate surface area is 236 Å². The summed E-state index contributed by atoms with van der Waals surface area (Å²) < 4.78 is 13.6. The van der Waals surface area contributed by atoms with E-state index in [1.165, 1.54) is 11.8 Å². The third-order valence-electron chi connectivity index (χ3n) is 6.90. The van der Waals surface area contributed by atoms with Crippen LogP contribution < -0.4 is 14.8 Å². The number of hydrogen-bond donors (Lipinski definition) is 1. The number of methoxy groups -OCH3 is 1. The number of carbonyl (C=O) groups is 1. The third-order valence-corrected chi connectivity index (χ3v) is 8.16. The molecule has 0 amide bonds. The van der Waals surface area contributed by atoms with E-state index in [4.69, 9.17) is 31.2 Å². The molecule has 6 rings (SSSR count). The van der Waals surface area contributed by atoms with Gasteiger partial charge in [0.15, 0.2) is 17.3 Å². The first kappa shape index (κ1) is 25.5. The number of Topliss-reactive ketones (excluding diaryl/α,β-unsaturated/α-hetero) is 1. The second-order valence-electron chi connectivity index (χ2n) is 9.42. The summed E-state index contributed by atoms with van der Waals surface area (Å²) in [6.45, 7) is 0.428. The molecule has 0 fully saturated rings. The topological polar surface area (TPSA) is 78.3 Å². The van der Waals surface area contributed by atoms with E-state index in [-0.39, 0.29) is 5.78 Å². The molecule has 0 bridgehead atoms. The van der Waals surface area contributed by atoms with Crippen molar-refractivity contribution in [2.24, 2.45) is 0 Å². The molecule has 0 radical (unpaired) electrons. The highest BCUT2D eigenvalue weighted by Crippen LogP contribution is 2.43. The van der Waals surface area contributed by atoms with Crippen LogP contribution in [0.4, 0.5) is 5.95 Å². The number of carbonyl (C=O) groups excluding carboxylic acids is 1. The minimum absolute atomic E-state index is 0.128. The van der Waals surface area contributed by atoms with Gasteiger partial charge in [0.2, 0.25) is 11.1 Å². The third kappa shape index (κ3) is 5.27. The van der Waals surface area contributed by atoms with Gasteiger partial charge in [-0.3, -0.25) is 4.79 Å². The highest BCUT2D eigenvalue weighted by molar-refractivity contribution is 7.98. The molecule has 4 aromatic rings. The molecule has 0 saturated carbocycles. The Kier molecular flexibility index (Phi) is 7.30. The van der Waals surface area contributed by atoms with Crippen LogP contribution in [0.5, 0.6) is 11.5 Å². The molecule has 0 saturated heterocycles. The summed E-state index contributed by atoms with van der Waals surface area (Å²) in [6.07, 6.45) is 2.13. The van der Waals surface area contributed by atoms with E-state index in [0.717, 1.165) is 45.8 Å². The van der Waals surface area contributed by atoms with Crippen LogP contribution in [0.25, 0.3) is 0 Å². The lowest BCUT2D eigenvalue weighted by Gasteiger charge is -2.32. The summed E-state index contributed by atoms with van der Waals surface area (Å²) in [5.41, 5.74) is 4.63. The van der Waals surface area contributed by atoms with Crippen LogP contribution in [0.3, 0.4) is 0 Å². The number of ketones is 1. The fourth-order valence-electron chi connectivity index (χ4n) is 4.97. The minimum atomic E-state index is -0.414. The fourth-order valence-corrected chi connectivity index (χ4v) is 6.09. The summed E-state index contributed by atoms with van der Waals surface area (Å²) in [7, 11) is 1.62. The first-order valence-electron chi connectivity index (χ1n) is 12.8. The molecule has 39 heavy (non-hydrogen) atoms. The molecule has 198 valence electrons. The second kappa shape index (κ2) is 11.2. The molecule has 0 spiro atoms. The first-order valence-corrected chi connectivity index (χ1v) is 14.2. The average Bonchev–Trinajstić information content (AvgIpc) is 3.37. The maximum atomic E-state index is 13.2. The Hall–Kier alpha value is -3.75. The van der Waals surface area contributed by atoms with Gasteiger partial charge in [0.25, 0.3) is 0 Å². The molecule has 9 heteroatoms. The van der Waals surface area contributed by atoms with Crippen molar-refractivity contribution < 1.29 is 14.3 Å². The van der Waals surface area contributed by atoms with E-state index in [2.05, 4.69) is 5.32 Å². The zero-order valence-corrected chi connectivity index (χ0v) is 23.0. The summed E-state index contributed by atoms with van der Waals surface area (Å²) in [4.78, 5) is 18.0. The number of allylic oxidation sites excluding steroid dienone is 2. The number of halogens is 1. The molecule has 7 nitrogen and oxygen atoms in total. The minimum Gasteiger partial charge on any atom is -0.493 e. The van der Waals surface area contributed by atoms with Crippen molar-refractivity contribution in [3.05, 3.63) is 106 Å². The van der Waals surface area contributed by atoms with Gasteiger partial charge in [0.05, 0.1) is 7.11 Å². The summed E-state index contributed by atoms with van der Waals surface area (Å²) in [6, 6.07) is 23.2. The number of fused-ring (bicyclic) bond motifs is 1. The number of hydrogen-bond acceptors (Lipinski definition) is 7. The van der Waals surface area contributed by atoms with Gasteiger partial charge in [-0.2, -0.15) is 4.98 Å². The molecule has 1 unspecified atom stereocenters. The van der Waals surface area contributed by atoms with Crippen molar-refractivity contribution >= 4 is 35.1 Å². The van der Waals surface area contributed by atoms with Crippen molar-refractivity contribution in [1.82, 2.24) is 14.8 Å². The van der Waals surface area contributed by atoms with E-state index in [1.54, 1.807) is 7.11 Å². The molecule has 1 atom stereocenters. The van der Waals surface area contributed by atoms with Crippen LogP contribution in [0.1, 0.15) is 42.0 Å². The average molecular weight is 559 g/mol. The Balaban J connectivity index is 1.32. The van der Waals surface area contributed by atoms with Gasteiger partial charge in [0, 0.05) is 28.5 Å². The normalized spacial score (nSPS) is 16.4. The Morgan fingerprint density at radius 1 is 1.05 bits per heavy atom. The van der Waals surface area contributed by atoms with Gasteiger partial charge in [-0.05, 0) is 47.7 Å². The number of nitrogens with one attached hydrogen (secondary N) is 1. The van der Waals surface area contributed by atoms with Crippen molar-refractivity contribution in [3.63, 3.8) is 0 Å². The highest BCUT2D eigenvalue weighted by atomic mass is 35.5. The molecule has 1 aliphatic heterocycles. The van der Waals surface area contributed by atoms with Crippen molar-refractivity contribution in [2.45, 2.75) is 42.8 Å². The van der Waals surface area contributed by atoms with Gasteiger partial charge >= 0.3 is 0 Å². The molecule has 1 aromatic heterocycles. The van der Waals surface area contributed by atoms with Crippen molar-refractivity contribution in [2.75, 3.05) is 12.4 Å². The summed E-state index contributed by atoms with van der Waals surface area (Å²) in [5, 5.41) is 9.56. The number of ether oxygens (including phenoxy) is 2. The zero-order valence-electron chi connectivity index (χ0n) is 21.4. The number of nitrogens with zero attached hydrogens (tertiary/aromatic N) is 3. The van der Waals surface area contributed by atoms with E-state index >= 15 is 0 Å². The van der Waals surface area contributed by atoms with Gasteiger partial charge in [-0.25, -0.2) is 4.68 Å². The number of aromatic nitrogens is 3. The van der Waals surface area contributed by atoms with Gasteiger partial charge in [0.1, 0.15) is 12.6 Å². The van der Waals surface area contributed by atoms with Crippen LogP contribution in [0.2, 0.25) is 5.02 Å². The van der Waals surface area contributed by atoms with Gasteiger partial charge in [-0.1, -0.05) is 78.0 Å². The van der Waals surface area contributed by atoms with Crippen molar-refractivity contribution in [3.8, 4) is 11.5 Å². The van der Waals surface area contributed by atoms with Crippen LogP contribution >= 0.6 is 23.4 Å². The lowest BCUT2D eigenvalue weighted by Crippen LogP contribution is -2.31. The number of anilines is 1. The van der Waals surface area contributed by atoms with Crippen LogP contribution in [0, 0.1) is 0 Å². The highest BCUT2D eigenvalue weighted by Gasteiger charge is 2.37. The van der Waals surface area contributed by atoms with E-state index in [0.29, 0.717) is 41.4 Å². The SMILES string of the molecule is COc1cc(C2C3=C(CCCC3=O)Nc3nc(SCc4ccccc4Cl)nn32)ccc1OCc1ccccc1. The molecule has 2 aliphatic rings. The molecule has 1 N–H and O–H groups in total. The maximum absolute atomic E-state index is 13.2. The fraction of sp³-hybridized carbons (Fsp3) is 0.233. The van der Waals surface area contributed by atoms with Crippen LogP contribution in [0.15, 0.2) is 89.2 Å². The smallest absolute Gasteiger partial charge is 0.227 e. The Morgan fingerprint density at radius 3 is 2.69 bits per heavy atom. The molecular formula is C30H27ClN4O3S. The van der Waals surface area contributed by atoms with Crippen LogP contribution in [-0.4, -0.2) is 27.7 Å². The Bertz CT molecular complexity index is 1550. The largest absolute Gasteiger partial charge is 0.493 e. The van der Waals surface area contributed by atoms with Gasteiger partial charge in [-0.15, -0.1) is 5.10 Å². The Morgan fingerprint density at radius 2 is 1.87 bits per heavy atom. The quantitative estimate of drug-likeness (QED) is 0.237. The molecule has 2 heterocycles. The van der Waals surface area contributed by atoms with Gasteiger partial charge < -0.3 is 14.8 Å². The predicted octanol–water partition coefficient (Wildman–Crippen LogP) is 6.83. The molecule has 1 aliphatic carbocycles. The molecular weight excluding hydrogens is 532 g/mol. The van der Waals surface area contributed by atoms with E-state index < -0.39 is 6.04 Å². The van der Waals surface area contributed by atoms with Crippen LogP contribution in [-0.2, 0) is 17.2 Å². The van der Waals surface area contributed by atoms with Crippen molar-refractivity contribution in [1.29, 1.82) is 0 Å². The van der Waals surface area contributed by atoms with E-state index in [9.17, 15) is 4.79 Å². The monoisotopic (exact) mass is 558 g/mol.